The van der Waals surface area contributed by atoms with Gasteiger partial charge in [0.1, 0.15) is 11.5 Å². The van der Waals surface area contributed by atoms with Crippen LogP contribution in [0.4, 0.5) is 17.1 Å². The van der Waals surface area contributed by atoms with Crippen molar-refractivity contribution in [1.29, 1.82) is 0 Å². The predicted molar refractivity (Wildman–Crippen MR) is 215 cm³/mol. The molecule has 1 aliphatic carbocycles. The Balaban J connectivity index is 1.27. The van der Waals surface area contributed by atoms with Crippen molar-refractivity contribution >= 4 is 22.6 Å². The Kier molecular flexibility index (Phi) is 7.75. The topological polar surface area (TPSA) is 25.4 Å². The van der Waals surface area contributed by atoms with Crippen molar-refractivity contribution in [3.63, 3.8) is 0 Å². The maximum Gasteiger partial charge on any atom is 0.132 e. The summed E-state index contributed by atoms with van der Waals surface area (Å²) in [6.07, 6.45) is 11.8. The molecule has 6 aromatic carbocycles. The van der Waals surface area contributed by atoms with Crippen LogP contribution in [0.5, 0.6) is 11.5 Å². The average Bonchev–Trinajstić information content (AvgIpc) is 3.49. The zero-order valence-electron chi connectivity index (χ0n) is 28.9. The van der Waals surface area contributed by atoms with Gasteiger partial charge in [-0.25, -0.2) is 0 Å². The van der Waals surface area contributed by atoms with E-state index >= 15 is 0 Å². The third kappa shape index (κ3) is 4.93. The van der Waals surface area contributed by atoms with Crippen LogP contribution < -0.4 is 9.64 Å². The van der Waals surface area contributed by atoms with Gasteiger partial charge in [-0.1, -0.05) is 128 Å². The molecule has 3 nitrogen and oxygen atoms in total. The fraction of sp³-hybridized carbons (Fsp3) is 0.0408. The van der Waals surface area contributed by atoms with Gasteiger partial charge in [0.2, 0.25) is 0 Å². The largest absolute Gasteiger partial charge is 0.457 e. The molecule has 0 unspecified atom stereocenters. The Morgan fingerprint density at radius 1 is 0.615 bits per heavy atom. The Morgan fingerprint density at radius 3 is 1.88 bits per heavy atom. The van der Waals surface area contributed by atoms with Crippen molar-refractivity contribution in [3.05, 3.63) is 223 Å². The molecular weight excluding hydrogens is 633 g/mol. The Hall–Kier alpha value is -6.71. The molecule has 2 heterocycles. The normalized spacial score (nSPS) is 13.5. The van der Waals surface area contributed by atoms with Crippen LogP contribution in [0.1, 0.15) is 34.7 Å². The van der Waals surface area contributed by atoms with E-state index in [1.54, 1.807) is 0 Å². The number of hydrogen-bond acceptors (Lipinski definition) is 3. The number of anilines is 3. The Bertz CT molecular complexity index is 2460. The zero-order chi connectivity index (χ0) is 35.1. The Morgan fingerprint density at radius 2 is 1.23 bits per heavy atom. The number of benzene rings is 6. The number of aromatic nitrogens is 1. The Labute approximate surface area is 305 Å². The van der Waals surface area contributed by atoms with E-state index in [1.807, 2.05) is 37.5 Å². The molecule has 0 atom stereocenters. The standard InChI is InChI=1S/C49H36N2O/c1-3-12-34(13-4-2)35-21-25-38(26-22-35)51(39-27-23-36(24-28-39)37-14-11-31-50-33-37)40-29-30-42-41-15-5-6-16-43(41)49(46(42)32-40)44-17-7-9-19-47(44)52-48-20-10-8-18-45(48)49/h3-33H,1H2,2H3/b13-4-,34-12+. The fourth-order valence-corrected chi connectivity index (χ4v) is 8.12. The van der Waals surface area contributed by atoms with E-state index in [9.17, 15) is 0 Å². The van der Waals surface area contributed by atoms with Gasteiger partial charge in [-0.3, -0.25) is 4.98 Å². The van der Waals surface area contributed by atoms with E-state index in [1.165, 1.54) is 22.3 Å². The minimum atomic E-state index is -0.552. The van der Waals surface area contributed by atoms with E-state index in [2.05, 4.69) is 174 Å². The highest BCUT2D eigenvalue weighted by molar-refractivity contribution is 5.91. The van der Waals surface area contributed by atoms with Gasteiger partial charge < -0.3 is 9.64 Å². The molecular formula is C49H36N2O. The van der Waals surface area contributed by atoms with E-state index in [0.717, 1.165) is 62.0 Å². The molecule has 9 rings (SSSR count). The molecule has 1 aromatic heterocycles. The van der Waals surface area contributed by atoms with Crippen molar-refractivity contribution in [2.24, 2.45) is 0 Å². The first-order valence-electron chi connectivity index (χ1n) is 17.7. The average molecular weight is 669 g/mol. The van der Waals surface area contributed by atoms with E-state index < -0.39 is 5.41 Å². The first kappa shape index (κ1) is 31.3. The van der Waals surface area contributed by atoms with Gasteiger partial charge in [0, 0.05) is 40.6 Å². The molecule has 0 fully saturated rings. The van der Waals surface area contributed by atoms with Crippen molar-refractivity contribution in [2.45, 2.75) is 12.3 Å². The second-order valence-electron chi connectivity index (χ2n) is 13.1. The summed E-state index contributed by atoms with van der Waals surface area (Å²) in [5.41, 5.74) is 14.4. The van der Waals surface area contributed by atoms with Crippen LogP contribution in [-0.2, 0) is 5.41 Å². The summed E-state index contributed by atoms with van der Waals surface area (Å²) in [6, 6.07) is 54.5. The van der Waals surface area contributed by atoms with Crippen molar-refractivity contribution in [3.8, 4) is 33.8 Å². The fourth-order valence-electron chi connectivity index (χ4n) is 8.12. The first-order valence-corrected chi connectivity index (χ1v) is 17.7. The van der Waals surface area contributed by atoms with Crippen LogP contribution in [0.15, 0.2) is 195 Å². The van der Waals surface area contributed by atoms with Gasteiger partial charge in [-0.15, -0.1) is 0 Å². The minimum absolute atomic E-state index is 0.552. The van der Waals surface area contributed by atoms with Crippen LogP contribution in [0.3, 0.4) is 0 Å². The SMILES string of the molecule is C=C/C=C(\C=C/C)c1ccc(N(c2ccc(-c3cccnc3)cc2)c2ccc3c(c2)C2(c4ccccc4Oc4ccccc42)c2ccccc2-3)cc1. The molecule has 0 N–H and O–H groups in total. The molecule has 7 aromatic rings. The van der Waals surface area contributed by atoms with E-state index in [-0.39, 0.29) is 0 Å². The monoisotopic (exact) mass is 668 g/mol. The smallest absolute Gasteiger partial charge is 0.132 e. The quantitative estimate of drug-likeness (QED) is 0.158. The lowest BCUT2D eigenvalue weighted by Crippen LogP contribution is -2.32. The summed E-state index contributed by atoms with van der Waals surface area (Å²) in [7, 11) is 0. The highest BCUT2D eigenvalue weighted by atomic mass is 16.5. The molecule has 52 heavy (non-hydrogen) atoms. The number of ether oxygens (including phenoxy) is 1. The maximum absolute atomic E-state index is 6.59. The van der Waals surface area contributed by atoms with Crippen LogP contribution >= 0.6 is 0 Å². The first-order chi connectivity index (χ1) is 25.7. The van der Waals surface area contributed by atoms with Crippen LogP contribution in [0.25, 0.3) is 27.8 Å². The predicted octanol–water partition coefficient (Wildman–Crippen LogP) is 12.8. The second kappa shape index (κ2) is 12.9. The highest BCUT2D eigenvalue weighted by Gasteiger charge is 2.51. The van der Waals surface area contributed by atoms with Crippen LogP contribution in [0, 0.1) is 0 Å². The molecule has 0 radical (unpaired) electrons. The van der Waals surface area contributed by atoms with Gasteiger partial charge in [-0.2, -0.15) is 0 Å². The van der Waals surface area contributed by atoms with Gasteiger partial charge in [-0.05, 0) is 106 Å². The van der Waals surface area contributed by atoms with Gasteiger partial charge >= 0.3 is 0 Å². The summed E-state index contributed by atoms with van der Waals surface area (Å²) in [5.74, 6) is 1.77. The highest BCUT2D eigenvalue weighted by Crippen LogP contribution is 2.62. The molecule has 1 spiro atoms. The van der Waals surface area contributed by atoms with Crippen LogP contribution in [0.2, 0.25) is 0 Å². The van der Waals surface area contributed by atoms with E-state index in [0.29, 0.717) is 0 Å². The summed E-state index contributed by atoms with van der Waals surface area (Å²) < 4.78 is 6.59. The third-order valence-corrected chi connectivity index (χ3v) is 10.3. The second-order valence-corrected chi connectivity index (χ2v) is 13.1. The maximum atomic E-state index is 6.59. The molecule has 248 valence electrons. The van der Waals surface area contributed by atoms with Crippen molar-refractivity contribution < 1.29 is 4.74 Å². The number of rotatable bonds is 7. The summed E-state index contributed by atoms with van der Waals surface area (Å²) >= 11 is 0. The molecule has 0 saturated heterocycles. The number of fused-ring (bicyclic) bond motifs is 9. The summed E-state index contributed by atoms with van der Waals surface area (Å²) in [6.45, 7) is 5.98. The molecule has 0 amide bonds. The zero-order valence-corrected chi connectivity index (χ0v) is 28.9. The van der Waals surface area contributed by atoms with Gasteiger partial charge in [0.25, 0.3) is 0 Å². The number of para-hydroxylation sites is 2. The van der Waals surface area contributed by atoms with Crippen molar-refractivity contribution in [2.75, 3.05) is 4.90 Å². The number of hydrogen-bond donors (Lipinski definition) is 0. The summed E-state index contributed by atoms with van der Waals surface area (Å²) in [4.78, 5) is 6.71. The molecule has 3 heteroatoms. The lowest BCUT2D eigenvalue weighted by molar-refractivity contribution is 0.436. The number of nitrogens with zero attached hydrogens (tertiary/aromatic N) is 2. The van der Waals surface area contributed by atoms with Gasteiger partial charge in [0.15, 0.2) is 0 Å². The molecule has 0 bridgehead atoms. The lowest BCUT2D eigenvalue weighted by Gasteiger charge is -2.39. The third-order valence-electron chi connectivity index (χ3n) is 10.3. The van der Waals surface area contributed by atoms with E-state index in [4.69, 9.17) is 4.74 Å². The summed E-state index contributed by atoms with van der Waals surface area (Å²) in [5, 5.41) is 0. The van der Waals surface area contributed by atoms with Crippen molar-refractivity contribution in [1.82, 2.24) is 4.98 Å². The number of pyridine rings is 1. The number of allylic oxidation sites excluding steroid dienone is 5. The molecule has 2 aliphatic rings. The lowest BCUT2D eigenvalue weighted by atomic mass is 9.66. The molecule has 0 saturated carbocycles. The molecule has 1 aliphatic heterocycles. The van der Waals surface area contributed by atoms with Gasteiger partial charge in [0.05, 0.1) is 5.41 Å². The van der Waals surface area contributed by atoms with Crippen LogP contribution in [-0.4, -0.2) is 4.98 Å². The minimum Gasteiger partial charge on any atom is -0.457 e.